The Bertz CT molecular complexity index is 837. The van der Waals surface area contributed by atoms with Gasteiger partial charge in [0, 0.05) is 44.8 Å². The molecule has 2 aliphatic heterocycles. The second-order valence-electron chi connectivity index (χ2n) is 7.42. The summed E-state index contributed by atoms with van der Waals surface area (Å²) in [5, 5.41) is 2.90. The Labute approximate surface area is 170 Å². The topological polar surface area (TPSA) is 54.0 Å². The van der Waals surface area contributed by atoms with Crippen LogP contribution in [0.4, 0.5) is 4.39 Å². The zero-order valence-electron chi connectivity index (χ0n) is 16.5. The van der Waals surface area contributed by atoms with E-state index in [2.05, 4.69) is 15.1 Å². The summed E-state index contributed by atoms with van der Waals surface area (Å²) in [6.07, 6.45) is -0.128. The van der Waals surface area contributed by atoms with Gasteiger partial charge in [0.1, 0.15) is 11.9 Å². The van der Waals surface area contributed by atoms with Gasteiger partial charge in [-0.3, -0.25) is 14.6 Å². The summed E-state index contributed by atoms with van der Waals surface area (Å²) >= 11 is 0. The van der Waals surface area contributed by atoms with Crippen molar-refractivity contribution >= 4 is 5.91 Å². The lowest BCUT2D eigenvalue weighted by Gasteiger charge is -2.43. The summed E-state index contributed by atoms with van der Waals surface area (Å²) in [6.45, 7) is 6.95. The molecule has 29 heavy (non-hydrogen) atoms. The lowest BCUT2D eigenvalue weighted by atomic mass is 10.2. The largest absolute Gasteiger partial charge is 0.481 e. The van der Waals surface area contributed by atoms with Gasteiger partial charge in [-0.1, -0.05) is 12.1 Å². The lowest BCUT2D eigenvalue weighted by molar-refractivity contribution is -0.0838. The number of nitrogens with one attached hydrogen (secondary N) is 1. The fourth-order valence-electron chi connectivity index (χ4n) is 3.77. The maximum Gasteiger partial charge on any atom is 0.251 e. The number of amides is 1. The molecule has 0 bridgehead atoms. The van der Waals surface area contributed by atoms with Crippen molar-refractivity contribution < 1.29 is 18.7 Å². The Morgan fingerprint density at radius 1 is 1.03 bits per heavy atom. The minimum Gasteiger partial charge on any atom is -0.481 e. The van der Waals surface area contributed by atoms with Gasteiger partial charge in [-0.05, 0) is 43.3 Å². The van der Waals surface area contributed by atoms with Crippen LogP contribution in [0.1, 0.15) is 17.3 Å². The van der Waals surface area contributed by atoms with Crippen molar-refractivity contribution in [1.29, 1.82) is 0 Å². The third-order valence-corrected chi connectivity index (χ3v) is 5.40. The van der Waals surface area contributed by atoms with Crippen LogP contribution in [0.15, 0.2) is 48.5 Å². The van der Waals surface area contributed by atoms with Crippen LogP contribution in [-0.4, -0.2) is 67.3 Å². The van der Waals surface area contributed by atoms with Crippen molar-refractivity contribution in [3.05, 3.63) is 59.9 Å². The number of para-hydroxylation sites is 2. The van der Waals surface area contributed by atoms with Gasteiger partial charge in [0.2, 0.25) is 0 Å². The number of halogens is 1. The van der Waals surface area contributed by atoms with E-state index in [4.69, 9.17) is 9.47 Å². The molecule has 1 saturated heterocycles. The lowest BCUT2D eigenvalue weighted by Crippen LogP contribution is -2.57. The van der Waals surface area contributed by atoms with Crippen molar-refractivity contribution in [2.24, 2.45) is 0 Å². The van der Waals surface area contributed by atoms with Gasteiger partial charge < -0.3 is 14.8 Å². The van der Waals surface area contributed by atoms with E-state index >= 15 is 0 Å². The van der Waals surface area contributed by atoms with E-state index in [1.165, 1.54) is 24.3 Å². The molecule has 4 rings (SSSR count). The van der Waals surface area contributed by atoms with Crippen molar-refractivity contribution in [2.75, 3.05) is 39.3 Å². The first-order valence-corrected chi connectivity index (χ1v) is 10.0. The summed E-state index contributed by atoms with van der Waals surface area (Å²) in [6, 6.07) is 13.4. The molecule has 0 spiro atoms. The van der Waals surface area contributed by atoms with Crippen LogP contribution in [0.3, 0.4) is 0 Å². The molecule has 2 heterocycles. The van der Waals surface area contributed by atoms with Crippen LogP contribution >= 0.6 is 0 Å². The van der Waals surface area contributed by atoms with E-state index in [9.17, 15) is 9.18 Å². The molecule has 6 nitrogen and oxygen atoms in total. The summed E-state index contributed by atoms with van der Waals surface area (Å²) in [5.74, 6) is 1.07. The molecule has 0 aromatic heterocycles. The van der Waals surface area contributed by atoms with Gasteiger partial charge >= 0.3 is 0 Å². The van der Waals surface area contributed by atoms with Crippen LogP contribution in [0.25, 0.3) is 0 Å². The predicted octanol–water partition coefficient (Wildman–Crippen LogP) is 2.36. The Kier molecular flexibility index (Phi) is 5.97. The number of rotatable bonds is 5. The average molecular weight is 399 g/mol. The van der Waals surface area contributed by atoms with Crippen molar-refractivity contribution in [1.82, 2.24) is 15.1 Å². The predicted molar refractivity (Wildman–Crippen MR) is 108 cm³/mol. The molecule has 2 aliphatic rings. The first kappa shape index (κ1) is 19.7. The van der Waals surface area contributed by atoms with E-state index in [0.717, 1.165) is 44.2 Å². The molecular formula is C22H26FN3O3. The highest BCUT2D eigenvalue weighted by Gasteiger charge is 2.34. The minimum absolute atomic E-state index is 0.0357. The average Bonchev–Trinajstić information content (AvgIpc) is 2.74. The Hall–Kier alpha value is -2.64. The van der Waals surface area contributed by atoms with Gasteiger partial charge in [0.05, 0.1) is 0 Å². The second-order valence-corrected chi connectivity index (χ2v) is 7.42. The summed E-state index contributed by atoms with van der Waals surface area (Å²) < 4.78 is 25.2. The molecule has 2 unspecified atom stereocenters. The number of piperazine rings is 1. The smallest absolute Gasteiger partial charge is 0.251 e. The molecule has 0 radical (unpaired) electrons. The highest BCUT2D eigenvalue weighted by molar-refractivity contribution is 5.94. The zero-order valence-corrected chi connectivity index (χ0v) is 16.5. The van der Waals surface area contributed by atoms with Crippen molar-refractivity contribution in [3.8, 4) is 11.5 Å². The first-order chi connectivity index (χ1) is 14.1. The van der Waals surface area contributed by atoms with E-state index in [-0.39, 0.29) is 24.1 Å². The number of hydrogen-bond acceptors (Lipinski definition) is 5. The number of nitrogens with zero attached hydrogens (tertiary/aromatic N) is 2. The standard InChI is InChI=1S/C22H26FN3O3/c1-16-22(29-20-5-3-2-4-19(20)28-16)26-14-12-25(13-15-26)11-10-24-21(27)17-6-8-18(23)9-7-17/h2-9,16,22H,10-15H2,1H3,(H,24,27). The molecule has 154 valence electrons. The number of hydrogen-bond donors (Lipinski definition) is 1. The summed E-state index contributed by atoms with van der Waals surface area (Å²) in [5.41, 5.74) is 0.472. The van der Waals surface area contributed by atoms with Crippen LogP contribution < -0.4 is 14.8 Å². The summed E-state index contributed by atoms with van der Waals surface area (Å²) in [7, 11) is 0. The molecule has 2 aromatic carbocycles. The quantitative estimate of drug-likeness (QED) is 0.837. The van der Waals surface area contributed by atoms with E-state index in [1.807, 2.05) is 31.2 Å². The third-order valence-electron chi connectivity index (χ3n) is 5.40. The monoisotopic (exact) mass is 399 g/mol. The maximum absolute atomic E-state index is 12.9. The number of ether oxygens (including phenoxy) is 2. The van der Waals surface area contributed by atoms with Crippen LogP contribution in [-0.2, 0) is 0 Å². The molecule has 1 fully saturated rings. The van der Waals surface area contributed by atoms with Gasteiger partial charge in [0.15, 0.2) is 17.7 Å². The van der Waals surface area contributed by atoms with E-state index in [1.54, 1.807) is 0 Å². The van der Waals surface area contributed by atoms with Gasteiger partial charge in [-0.25, -0.2) is 4.39 Å². The van der Waals surface area contributed by atoms with Crippen molar-refractivity contribution in [2.45, 2.75) is 19.3 Å². The molecule has 2 aromatic rings. The van der Waals surface area contributed by atoms with E-state index in [0.29, 0.717) is 12.1 Å². The molecular weight excluding hydrogens is 373 g/mol. The third kappa shape index (κ3) is 4.68. The van der Waals surface area contributed by atoms with Crippen LogP contribution in [0.5, 0.6) is 11.5 Å². The Morgan fingerprint density at radius 2 is 1.69 bits per heavy atom. The molecule has 7 heteroatoms. The fraction of sp³-hybridized carbons (Fsp3) is 0.409. The molecule has 1 amide bonds. The Morgan fingerprint density at radius 3 is 2.38 bits per heavy atom. The fourth-order valence-corrected chi connectivity index (χ4v) is 3.77. The zero-order chi connectivity index (χ0) is 20.2. The second kappa shape index (κ2) is 8.80. The number of carbonyl (C=O) groups excluding carboxylic acids is 1. The number of fused-ring (bicyclic) bond motifs is 1. The van der Waals surface area contributed by atoms with Crippen molar-refractivity contribution in [3.63, 3.8) is 0 Å². The number of benzene rings is 2. The number of carbonyl (C=O) groups is 1. The van der Waals surface area contributed by atoms with Crippen LogP contribution in [0, 0.1) is 5.82 Å². The molecule has 2 atom stereocenters. The molecule has 1 N–H and O–H groups in total. The highest BCUT2D eigenvalue weighted by atomic mass is 19.1. The summed E-state index contributed by atoms with van der Waals surface area (Å²) in [4.78, 5) is 16.7. The normalized spacial score (nSPS) is 22.3. The maximum atomic E-state index is 12.9. The highest BCUT2D eigenvalue weighted by Crippen LogP contribution is 2.34. The molecule has 0 saturated carbocycles. The van der Waals surface area contributed by atoms with Crippen LogP contribution in [0.2, 0.25) is 0 Å². The van der Waals surface area contributed by atoms with Gasteiger partial charge in [-0.15, -0.1) is 0 Å². The molecule has 0 aliphatic carbocycles. The van der Waals surface area contributed by atoms with Gasteiger partial charge in [0.25, 0.3) is 5.91 Å². The first-order valence-electron chi connectivity index (χ1n) is 10.0. The minimum atomic E-state index is -0.343. The van der Waals surface area contributed by atoms with E-state index < -0.39 is 0 Å². The van der Waals surface area contributed by atoms with Gasteiger partial charge in [-0.2, -0.15) is 0 Å². The Balaban J connectivity index is 1.22. The SMILES string of the molecule is CC1Oc2ccccc2OC1N1CCN(CCNC(=O)c2ccc(F)cc2)CC1.